The second-order valence-corrected chi connectivity index (χ2v) is 16.6. The van der Waals surface area contributed by atoms with E-state index in [9.17, 15) is 19.1 Å². The van der Waals surface area contributed by atoms with Crippen molar-refractivity contribution >= 4 is 41.5 Å². The fraction of sp³-hybridized carbons (Fsp3) is 0.400. The summed E-state index contributed by atoms with van der Waals surface area (Å²) in [6.07, 6.45) is -0.0466. The maximum atomic E-state index is 15.5. The normalized spacial score (nSPS) is 12.4. The monoisotopic (exact) mass is 801 g/mol. The SMILES string of the molecule is COc1cc(C(C)(C)c2cnc(SCc3c(F)cc(CCCNC(=NC(=O)O)N(C(=O)OC(C)(C)C)C(C)(C)C)cc3F)n2-c2ccc(F)cc2)ccc1Cl. The molecule has 0 radical (unpaired) electrons. The summed E-state index contributed by atoms with van der Waals surface area (Å²) in [5.74, 6) is -1.70. The fourth-order valence-electron chi connectivity index (χ4n) is 5.73. The Kier molecular flexibility index (Phi) is 13.6. The molecule has 1 heterocycles. The van der Waals surface area contributed by atoms with Crippen LogP contribution in [0.1, 0.15) is 84.2 Å². The Bertz CT molecular complexity index is 2020. The number of amides is 2. The lowest BCUT2D eigenvalue weighted by Gasteiger charge is -2.37. The maximum absolute atomic E-state index is 15.5. The van der Waals surface area contributed by atoms with Gasteiger partial charge in [0.2, 0.25) is 5.96 Å². The fourth-order valence-corrected chi connectivity index (χ4v) is 6.93. The van der Waals surface area contributed by atoms with Gasteiger partial charge in [-0.3, -0.25) is 4.57 Å². The van der Waals surface area contributed by atoms with Crippen LogP contribution in [-0.2, 0) is 22.3 Å². The first kappa shape index (κ1) is 43.0. The zero-order valence-corrected chi connectivity index (χ0v) is 34.0. The lowest BCUT2D eigenvalue weighted by atomic mass is 9.81. The highest BCUT2D eigenvalue weighted by Crippen LogP contribution is 2.39. The molecule has 0 fully saturated rings. The van der Waals surface area contributed by atoms with E-state index in [1.807, 2.05) is 30.5 Å². The topological polar surface area (TPSA) is 118 Å². The lowest BCUT2D eigenvalue weighted by molar-refractivity contribution is 0.0241. The number of hydrogen-bond acceptors (Lipinski definition) is 6. The number of aryl methyl sites for hydroxylation is 1. The van der Waals surface area contributed by atoms with Gasteiger partial charge in [-0.25, -0.2) is 32.6 Å². The van der Waals surface area contributed by atoms with Gasteiger partial charge in [0.15, 0.2) is 5.16 Å². The average molecular weight is 802 g/mol. The first-order chi connectivity index (χ1) is 25.6. The van der Waals surface area contributed by atoms with E-state index in [1.54, 1.807) is 65.9 Å². The molecule has 0 aliphatic heterocycles. The minimum Gasteiger partial charge on any atom is -0.495 e. The molecule has 0 saturated heterocycles. The molecule has 0 saturated carbocycles. The predicted octanol–water partition coefficient (Wildman–Crippen LogP) is 10.2. The molecule has 15 heteroatoms. The number of imidazole rings is 1. The van der Waals surface area contributed by atoms with Gasteiger partial charge in [-0.15, -0.1) is 4.99 Å². The minimum absolute atomic E-state index is 0.0886. The van der Waals surface area contributed by atoms with E-state index in [2.05, 4.69) is 15.3 Å². The summed E-state index contributed by atoms with van der Waals surface area (Å²) in [4.78, 5) is 34.0. The summed E-state index contributed by atoms with van der Waals surface area (Å²) >= 11 is 7.43. The van der Waals surface area contributed by atoms with Crippen molar-refractivity contribution < 1.29 is 37.3 Å². The van der Waals surface area contributed by atoms with Gasteiger partial charge in [0.25, 0.3) is 0 Å². The van der Waals surface area contributed by atoms with E-state index in [-0.39, 0.29) is 30.2 Å². The van der Waals surface area contributed by atoms with Gasteiger partial charge in [0.05, 0.1) is 24.0 Å². The number of methoxy groups -OCH3 is 1. The van der Waals surface area contributed by atoms with Gasteiger partial charge in [0.1, 0.15) is 28.8 Å². The summed E-state index contributed by atoms with van der Waals surface area (Å²) in [7, 11) is 1.53. The zero-order chi connectivity index (χ0) is 40.9. The van der Waals surface area contributed by atoms with Gasteiger partial charge in [0, 0.05) is 34.5 Å². The van der Waals surface area contributed by atoms with Gasteiger partial charge >= 0.3 is 12.2 Å². The van der Waals surface area contributed by atoms with Gasteiger partial charge in [-0.1, -0.05) is 43.3 Å². The lowest BCUT2D eigenvalue weighted by Crippen LogP contribution is -2.56. The molecule has 296 valence electrons. The molecular formula is C40H47ClF3N5O5S. The van der Waals surface area contributed by atoms with E-state index in [0.717, 1.165) is 27.9 Å². The van der Waals surface area contributed by atoms with Crippen LogP contribution in [0.5, 0.6) is 5.75 Å². The maximum Gasteiger partial charge on any atom is 0.434 e. The molecule has 0 unspecified atom stereocenters. The Morgan fingerprint density at radius 2 is 1.62 bits per heavy atom. The Hall–Kier alpha value is -4.69. The van der Waals surface area contributed by atoms with Crippen LogP contribution in [0.2, 0.25) is 5.02 Å². The first-order valence-electron chi connectivity index (χ1n) is 17.5. The number of aromatic nitrogens is 2. The van der Waals surface area contributed by atoms with E-state index >= 15 is 8.78 Å². The Labute approximate surface area is 329 Å². The standard InChI is InChI=1S/C40H47ClF3N5O5S/c1-38(2,3)49(37(52)54-39(4,5)6)34(47-36(50)51)45-18-10-11-24-19-30(43)28(31(44)20-24)23-55-35-46-22-33(48(35)27-15-13-26(42)14-16-27)40(7,8)25-12-17-29(41)32(21-25)53-9/h12-17,19-22H,10-11,18,23H2,1-9H3,(H,45,47)(H,50,51). The van der Waals surface area contributed by atoms with Crippen molar-refractivity contribution in [2.45, 2.75) is 95.7 Å². The number of nitrogens with one attached hydrogen (secondary N) is 1. The van der Waals surface area contributed by atoms with Crippen LogP contribution >= 0.6 is 23.4 Å². The second-order valence-electron chi connectivity index (χ2n) is 15.3. The molecule has 4 aromatic rings. The number of guanidine groups is 1. The molecule has 0 aliphatic rings. The number of aliphatic imine (C=N–C) groups is 1. The molecule has 3 aromatic carbocycles. The van der Waals surface area contributed by atoms with E-state index < -0.39 is 46.2 Å². The third kappa shape index (κ3) is 11.0. The van der Waals surface area contributed by atoms with Crippen molar-refractivity contribution in [2.75, 3.05) is 13.7 Å². The number of halogens is 4. The third-order valence-electron chi connectivity index (χ3n) is 8.46. The summed E-state index contributed by atoms with van der Waals surface area (Å²) in [6.45, 7) is 14.3. The van der Waals surface area contributed by atoms with E-state index in [0.29, 0.717) is 33.6 Å². The van der Waals surface area contributed by atoms with Gasteiger partial charge in [-0.05, 0) is 114 Å². The predicted molar refractivity (Wildman–Crippen MR) is 209 cm³/mol. The number of ether oxygens (including phenoxy) is 2. The van der Waals surface area contributed by atoms with Crippen LogP contribution in [0.4, 0.5) is 22.8 Å². The molecule has 0 bridgehead atoms. The molecule has 4 rings (SSSR count). The number of benzene rings is 3. The van der Waals surface area contributed by atoms with Crippen molar-refractivity contribution in [3.05, 3.63) is 106 Å². The molecule has 1 aromatic heterocycles. The Morgan fingerprint density at radius 1 is 0.982 bits per heavy atom. The van der Waals surface area contributed by atoms with Crippen LogP contribution in [0.3, 0.4) is 0 Å². The molecule has 0 aliphatic carbocycles. The first-order valence-corrected chi connectivity index (χ1v) is 18.8. The highest BCUT2D eigenvalue weighted by atomic mass is 35.5. The molecule has 0 spiro atoms. The second kappa shape index (κ2) is 17.4. The average Bonchev–Trinajstić information content (AvgIpc) is 3.50. The van der Waals surface area contributed by atoms with Crippen molar-refractivity contribution in [1.29, 1.82) is 0 Å². The number of rotatable bonds is 11. The van der Waals surface area contributed by atoms with Gasteiger partial charge < -0.3 is 19.9 Å². The molecule has 2 N–H and O–H groups in total. The molecule has 0 atom stereocenters. The van der Waals surface area contributed by atoms with Crippen molar-refractivity contribution in [3.8, 4) is 11.4 Å². The largest absolute Gasteiger partial charge is 0.495 e. The summed E-state index contributed by atoms with van der Waals surface area (Å²) in [6, 6.07) is 13.9. The van der Waals surface area contributed by atoms with Crippen LogP contribution in [0.25, 0.3) is 5.69 Å². The Morgan fingerprint density at radius 3 is 2.18 bits per heavy atom. The Balaban J connectivity index is 1.52. The third-order valence-corrected chi connectivity index (χ3v) is 9.75. The number of hydrogen-bond donors (Lipinski definition) is 2. The van der Waals surface area contributed by atoms with E-state index in [4.69, 9.17) is 21.1 Å². The zero-order valence-electron chi connectivity index (χ0n) is 32.4. The van der Waals surface area contributed by atoms with Crippen molar-refractivity contribution in [2.24, 2.45) is 4.99 Å². The number of carbonyl (C=O) groups is 2. The van der Waals surface area contributed by atoms with Gasteiger partial charge in [-0.2, -0.15) is 0 Å². The number of thioether (sulfide) groups is 1. The molecular weight excluding hydrogens is 755 g/mol. The summed E-state index contributed by atoms with van der Waals surface area (Å²) in [5.41, 5.74) is 0.0675. The minimum atomic E-state index is -1.51. The summed E-state index contributed by atoms with van der Waals surface area (Å²) in [5, 5.41) is 13.2. The quantitative estimate of drug-likeness (QED) is 0.0666. The van der Waals surface area contributed by atoms with Crippen LogP contribution < -0.4 is 10.1 Å². The molecule has 55 heavy (non-hydrogen) atoms. The number of carbonyl (C=O) groups excluding carboxylic acids is 1. The number of nitrogens with zero attached hydrogens (tertiary/aromatic N) is 4. The highest BCUT2D eigenvalue weighted by molar-refractivity contribution is 7.98. The van der Waals surface area contributed by atoms with Crippen LogP contribution in [0, 0.1) is 17.5 Å². The smallest absolute Gasteiger partial charge is 0.434 e. The van der Waals surface area contributed by atoms with E-state index in [1.165, 1.54) is 31.4 Å². The van der Waals surface area contributed by atoms with Crippen molar-refractivity contribution in [3.63, 3.8) is 0 Å². The highest BCUT2D eigenvalue weighted by Gasteiger charge is 2.35. The van der Waals surface area contributed by atoms with Crippen LogP contribution in [-0.4, -0.2) is 62.5 Å². The van der Waals surface area contributed by atoms with Crippen LogP contribution in [0.15, 0.2) is 70.9 Å². The molecule has 10 nitrogen and oxygen atoms in total. The number of carboxylic acid groups (broad SMARTS) is 1. The summed E-state index contributed by atoms with van der Waals surface area (Å²) < 4.78 is 57.8. The van der Waals surface area contributed by atoms with Crippen molar-refractivity contribution in [1.82, 2.24) is 19.8 Å². The molecule has 2 amide bonds.